The molecule has 0 aliphatic heterocycles. The van der Waals surface area contributed by atoms with Crippen LogP contribution in [0.1, 0.15) is 18.3 Å². The lowest BCUT2D eigenvalue weighted by Crippen LogP contribution is -2.18. The van der Waals surface area contributed by atoms with Crippen LogP contribution in [0.4, 0.5) is 0 Å². The number of carbonyl (C=O) groups is 1. The van der Waals surface area contributed by atoms with Gasteiger partial charge < -0.3 is 14.8 Å². The fourth-order valence-corrected chi connectivity index (χ4v) is 3.26. The van der Waals surface area contributed by atoms with Crippen molar-refractivity contribution in [2.45, 2.75) is 20.4 Å². The maximum absolute atomic E-state index is 11.1. The van der Waals surface area contributed by atoms with Crippen LogP contribution in [-0.2, 0) is 11.3 Å². The van der Waals surface area contributed by atoms with Gasteiger partial charge in [0.25, 0.3) is 0 Å². The van der Waals surface area contributed by atoms with E-state index in [-0.39, 0.29) is 5.91 Å². The molecule has 0 saturated carbocycles. The van der Waals surface area contributed by atoms with E-state index in [0.717, 1.165) is 44.4 Å². The van der Waals surface area contributed by atoms with Crippen LogP contribution in [0.15, 0.2) is 40.9 Å². The lowest BCUT2D eigenvalue weighted by atomic mass is 10.0. The molecule has 4 aromatic rings. The number of hydrogen-bond donors (Lipinski definition) is 2. The molecule has 2 aromatic heterocycles. The highest BCUT2D eigenvalue weighted by Gasteiger charge is 2.11. The van der Waals surface area contributed by atoms with Crippen molar-refractivity contribution >= 4 is 39.4 Å². The molecule has 0 aliphatic carbocycles. The van der Waals surface area contributed by atoms with Gasteiger partial charge >= 0.3 is 0 Å². The van der Waals surface area contributed by atoms with Crippen molar-refractivity contribution in [2.24, 2.45) is 0 Å². The van der Waals surface area contributed by atoms with Gasteiger partial charge in [0.1, 0.15) is 0 Å². The molecule has 0 fully saturated rings. The lowest BCUT2D eigenvalue weighted by molar-refractivity contribution is -0.119. The number of carbonyl (C=O) groups excluding carboxylic acids is 1. The Bertz CT molecular complexity index is 1110. The Hall–Kier alpha value is -2.79. The van der Waals surface area contributed by atoms with E-state index >= 15 is 0 Å². The highest BCUT2D eigenvalue weighted by atomic mass is 35.5. The molecule has 25 heavy (non-hydrogen) atoms. The van der Waals surface area contributed by atoms with Crippen molar-refractivity contribution in [3.05, 3.63) is 52.8 Å². The van der Waals surface area contributed by atoms with Crippen LogP contribution >= 0.6 is 11.6 Å². The van der Waals surface area contributed by atoms with Gasteiger partial charge in [-0.15, -0.1) is 0 Å². The fraction of sp³-hybridized carbons (Fsp3) is 0.158. The van der Waals surface area contributed by atoms with Crippen molar-refractivity contribution in [2.75, 3.05) is 0 Å². The summed E-state index contributed by atoms with van der Waals surface area (Å²) in [7, 11) is 0. The van der Waals surface area contributed by atoms with Gasteiger partial charge in [-0.3, -0.25) is 4.79 Å². The third kappa shape index (κ3) is 2.87. The molecule has 0 aliphatic rings. The number of nitrogens with one attached hydrogen (secondary N) is 2. The summed E-state index contributed by atoms with van der Waals surface area (Å²) in [5.41, 5.74) is 5.39. The number of aromatic amines is 1. The summed E-state index contributed by atoms with van der Waals surface area (Å²) in [4.78, 5) is 14.4. The molecule has 1 amide bonds. The van der Waals surface area contributed by atoms with Crippen molar-refractivity contribution in [1.29, 1.82) is 0 Å². The second kappa shape index (κ2) is 5.93. The van der Waals surface area contributed by atoms with Gasteiger partial charge in [-0.1, -0.05) is 22.8 Å². The van der Waals surface area contributed by atoms with Gasteiger partial charge in [0.15, 0.2) is 5.58 Å². The van der Waals surface area contributed by atoms with Crippen molar-refractivity contribution in [3.8, 4) is 11.1 Å². The number of rotatable bonds is 3. The molecule has 2 aromatic carbocycles. The molecule has 126 valence electrons. The number of aryl methyl sites for hydroxylation is 1. The standard InChI is InChI=1S/C19H16ClN3O2/c1-10-15-4-3-12(7-19(15)25-23-10)16-8-18-13(6-17(16)20)5-14(22-18)9-21-11(2)24/h3-8,22H,9H2,1-2H3,(H,21,24). The van der Waals surface area contributed by atoms with Crippen LogP contribution in [0.2, 0.25) is 5.02 Å². The highest BCUT2D eigenvalue weighted by molar-refractivity contribution is 6.34. The zero-order valence-corrected chi connectivity index (χ0v) is 14.6. The summed E-state index contributed by atoms with van der Waals surface area (Å²) in [6.45, 7) is 3.87. The molecule has 5 nitrogen and oxygen atoms in total. The quantitative estimate of drug-likeness (QED) is 0.566. The number of halogens is 1. The first kappa shape index (κ1) is 15.7. The predicted octanol–water partition coefficient (Wildman–Crippen LogP) is 4.57. The smallest absolute Gasteiger partial charge is 0.217 e. The minimum atomic E-state index is -0.0620. The summed E-state index contributed by atoms with van der Waals surface area (Å²) >= 11 is 6.50. The number of benzene rings is 2. The van der Waals surface area contributed by atoms with Crippen LogP contribution in [0.25, 0.3) is 33.0 Å². The third-order valence-electron chi connectivity index (χ3n) is 4.26. The number of fused-ring (bicyclic) bond motifs is 2. The minimum absolute atomic E-state index is 0.0620. The Morgan fingerprint density at radius 3 is 2.92 bits per heavy atom. The number of aromatic nitrogens is 2. The van der Waals surface area contributed by atoms with E-state index < -0.39 is 0 Å². The van der Waals surface area contributed by atoms with Gasteiger partial charge in [0.2, 0.25) is 5.91 Å². The van der Waals surface area contributed by atoms with Gasteiger partial charge in [0, 0.05) is 39.5 Å². The molecule has 0 radical (unpaired) electrons. The SMILES string of the molecule is CC(=O)NCc1cc2cc(Cl)c(-c3ccc4c(C)noc4c3)cc2[nH]1. The minimum Gasteiger partial charge on any atom is -0.357 e. The highest BCUT2D eigenvalue weighted by Crippen LogP contribution is 2.34. The predicted molar refractivity (Wildman–Crippen MR) is 98.6 cm³/mol. The van der Waals surface area contributed by atoms with E-state index in [1.807, 2.05) is 43.3 Å². The summed E-state index contributed by atoms with van der Waals surface area (Å²) in [6.07, 6.45) is 0. The molecule has 4 rings (SSSR count). The maximum atomic E-state index is 11.1. The Morgan fingerprint density at radius 1 is 1.28 bits per heavy atom. The zero-order chi connectivity index (χ0) is 17.6. The number of hydrogen-bond acceptors (Lipinski definition) is 3. The van der Waals surface area contributed by atoms with E-state index in [1.165, 1.54) is 6.92 Å². The Balaban J connectivity index is 1.77. The van der Waals surface area contributed by atoms with Gasteiger partial charge in [-0.05, 0) is 42.8 Å². The van der Waals surface area contributed by atoms with Crippen LogP contribution < -0.4 is 5.32 Å². The average molecular weight is 354 g/mol. The van der Waals surface area contributed by atoms with E-state index in [2.05, 4.69) is 15.5 Å². The second-order valence-electron chi connectivity index (χ2n) is 6.10. The lowest BCUT2D eigenvalue weighted by Gasteiger charge is -2.05. The molecule has 0 unspecified atom stereocenters. The van der Waals surface area contributed by atoms with E-state index in [9.17, 15) is 4.79 Å². The van der Waals surface area contributed by atoms with Crippen LogP contribution in [0.3, 0.4) is 0 Å². The van der Waals surface area contributed by atoms with Crippen molar-refractivity contribution in [3.63, 3.8) is 0 Å². The molecular formula is C19H16ClN3O2. The van der Waals surface area contributed by atoms with Crippen LogP contribution in [0.5, 0.6) is 0 Å². The normalized spacial score (nSPS) is 11.3. The third-order valence-corrected chi connectivity index (χ3v) is 4.57. The first-order chi connectivity index (χ1) is 12.0. The summed E-state index contributed by atoms with van der Waals surface area (Å²) in [5, 5.41) is 9.44. The first-order valence-electron chi connectivity index (χ1n) is 7.93. The number of nitrogens with zero attached hydrogens (tertiary/aromatic N) is 1. The summed E-state index contributed by atoms with van der Waals surface area (Å²) in [6, 6.07) is 11.9. The van der Waals surface area contributed by atoms with Gasteiger partial charge in [-0.2, -0.15) is 0 Å². The van der Waals surface area contributed by atoms with Crippen LogP contribution in [-0.4, -0.2) is 16.0 Å². The summed E-state index contributed by atoms with van der Waals surface area (Å²) in [5.74, 6) is -0.0620. The van der Waals surface area contributed by atoms with Crippen molar-refractivity contribution in [1.82, 2.24) is 15.5 Å². The largest absolute Gasteiger partial charge is 0.357 e. The maximum Gasteiger partial charge on any atom is 0.217 e. The van der Waals surface area contributed by atoms with Gasteiger partial charge in [-0.25, -0.2) is 0 Å². The zero-order valence-electron chi connectivity index (χ0n) is 13.8. The van der Waals surface area contributed by atoms with Crippen molar-refractivity contribution < 1.29 is 9.32 Å². The average Bonchev–Trinajstić information content (AvgIpc) is 3.15. The summed E-state index contributed by atoms with van der Waals surface area (Å²) < 4.78 is 5.36. The number of H-pyrrole nitrogens is 1. The Kier molecular flexibility index (Phi) is 3.73. The molecule has 0 spiro atoms. The molecule has 6 heteroatoms. The molecule has 0 atom stereocenters. The monoisotopic (exact) mass is 353 g/mol. The fourth-order valence-electron chi connectivity index (χ4n) is 2.98. The van der Waals surface area contributed by atoms with Crippen LogP contribution in [0, 0.1) is 6.92 Å². The topological polar surface area (TPSA) is 70.9 Å². The molecule has 2 N–H and O–H groups in total. The van der Waals surface area contributed by atoms with E-state index in [0.29, 0.717) is 11.6 Å². The molecule has 0 saturated heterocycles. The van der Waals surface area contributed by atoms with E-state index in [4.69, 9.17) is 16.1 Å². The first-order valence-corrected chi connectivity index (χ1v) is 8.31. The number of amides is 1. The Labute approximate surface area is 149 Å². The second-order valence-corrected chi connectivity index (χ2v) is 6.51. The van der Waals surface area contributed by atoms with Gasteiger partial charge in [0.05, 0.1) is 12.2 Å². The molecule has 0 bridgehead atoms. The van der Waals surface area contributed by atoms with E-state index in [1.54, 1.807) is 0 Å². The molecular weight excluding hydrogens is 338 g/mol. The Morgan fingerprint density at radius 2 is 2.12 bits per heavy atom. The molecule has 2 heterocycles.